The predicted octanol–water partition coefficient (Wildman–Crippen LogP) is 1.34. The number of carbonyl (C=O) groups excluding carboxylic acids is 1. The zero-order valence-electron chi connectivity index (χ0n) is 10.1. The number of carbonyl (C=O) groups is 2. The van der Waals surface area contributed by atoms with E-state index in [1.165, 1.54) is 6.07 Å². The fourth-order valence-corrected chi connectivity index (χ4v) is 3.31. The SMILES string of the molecule is CC1CN(C(=O)c2cc(C(=O)O)on2)CC(C)S1. The number of carboxylic acids is 1. The van der Waals surface area contributed by atoms with Gasteiger partial charge in [-0.25, -0.2) is 4.79 Å². The van der Waals surface area contributed by atoms with E-state index < -0.39 is 5.97 Å². The van der Waals surface area contributed by atoms with Crippen LogP contribution in [0.4, 0.5) is 0 Å². The molecule has 0 spiro atoms. The van der Waals surface area contributed by atoms with Gasteiger partial charge in [0.1, 0.15) is 0 Å². The number of aromatic nitrogens is 1. The Bertz CT molecular complexity index is 463. The molecule has 1 N–H and O–H groups in total. The van der Waals surface area contributed by atoms with Gasteiger partial charge in [-0.3, -0.25) is 4.79 Å². The maximum atomic E-state index is 12.1. The van der Waals surface area contributed by atoms with E-state index in [2.05, 4.69) is 23.5 Å². The molecule has 2 unspecified atom stereocenters. The third kappa shape index (κ3) is 2.66. The second-order valence-corrected chi connectivity index (χ2v) is 6.23. The standard InChI is InChI=1S/C11H14N2O4S/c1-6-4-13(5-7(2)18-6)10(14)8-3-9(11(15)16)17-12-8/h3,6-7H,4-5H2,1-2H3,(H,15,16). The molecule has 1 aromatic rings. The summed E-state index contributed by atoms with van der Waals surface area (Å²) >= 11 is 1.84. The summed E-state index contributed by atoms with van der Waals surface area (Å²) in [5.74, 6) is -1.81. The highest BCUT2D eigenvalue weighted by Gasteiger charge is 2.28. The summed E-state index contributed by atoms with van der Waals surface area (Å²) in [6, 6.07) is 1.17. The van der Waals surface area contributed by atoms with Crippen molar-refractivity contribution in [1.29, 1.82) is 0 Å². The highest BCUT2D eigenvalue weighted by atomic mass is 32.2. The lowest BCUT2D eigenvalue weighted by Gasteiger charge is -2.34. The molecule has 7 heteroatoms. The molecule has 1 amide bonds. The van der Waals surface area contributed by atoms with Crippen LogP contribution in [0.3, 0.4) is 0 Å². The van der Waals surface area contributed by atoms with Crippen molar-refractivity contribution in [2.45, 2.75) is 24.3 Å². The number of hydrogen-bond acceptors (Lipinski definition) is 5. The lowest BCUT2D eigenvalue weighted by Crippen LogP contribution is -2.44. The molecule has 1 saturated heterocycles. The Balaban J connectivity index is 2.12. The van der Waals surface area contributed by atoms with Crippen LogP contribution in [0.5, 0.6) is 0 Å². The molecule has 0 aliphatic carbocycles. The van der Waals surface area contributed by atoms with Crippen molar-refractivity contribution in [3.8, 4) is 0 Å². The third-order valence-corrected chi connectivity index (χ3v) is 3.87. The topological polar surface area (TPSA) is 83.6 Å². The first-order valence-corrected chi connectivity index (χ1v) is 6.56. The fourth-order valence-electron chi connectivity index (χ4n) is 1.98. The summed E-state index contributed by atoms with van der Waals surface area (Å²) in [4.78, 5) is 24.5. The summed E-state index contributed by atoms with van der Waals surface area (Å²) in [6.07, 6.45) is 0. The van der Waals surface area contributed by atoms with Gasteiger partial charge in [0.05, 0.1) is 0 Å². The largest absolute Gasteiger partial charge is 0.475 e. The Hall–Kier alpha value is -1.50. The van der Waals surface area contributed by atoms with Gasteiger partial charge in [-0.1, -0.05) is 19.0 Å². The second-order valence-electron chi connectivity index (χ2n) is 4.35. The van der Waals surface area contributed by atoms with Crippen LogP contribution in [-0.2, 0) is 0 Å². The lowest BCUT2D eigenvalue weighted by atomic mass is 10.2. The first-order valence-electron chi connectivity index (χ1n) is 5.62. The highest BCUT2D eigenvalue weighted by molar-refractivity contribution is 8.00. The molecule has 0 aromatic carbocycles. The zero-order chi connectivity index (χ0) is 13.3. The highest BCUT2D eigenvalue weighted by Crippen LogP contribution is 2.25. The lowest BCUT2D eigenvalue weighted by molar-refractivity contribution is 0.0648. The van der Waals surface area contributed by atoms with Crippen LogP contribution >= 0.6 is 11.8 Å². The number of nitrogens with zero attached hydrogens (tertiary/aromatic N) is 2. The molecular weight excluding hydrogens is 256 g/mol. The molecule has 1 fully saturated rings. The van der Waals surface area contributed by atoms with Crippen molar-refractivity contribution in [1.82, 2.24) is 10.1 Å². The quantitative estimate of drug-likeness (QED) is 0.873. The summed E-state index contributed by atoms with van der Waals surface area (Å²) in [5.41, 5.74) is 0.0544. The van der Waals surface area contributed by atoms with Crippen molar-refractivity contribution in [2.24, 2.45) is 0 Å². The van der Waals surface area contributed by atoms with E-state index in [0.717, 1.165) is 0 Å². The van der Waals surface area contributed by atoms with E-state index in [1.54, 1.807) is 4.90 Å². The van der Waals surface area contributed by atoms with Crippen molar-refractivity contribution in [2.75, 3.05) is 13.1 Å². The van der Waals surface area contributed by atoms with E-state index >= 15 is 0 Å². The Labute approximate surface area is 108 Å². The molecule has 1 aliphatic rings. The summed E-state index contributed by atoms with van der Waals surface area (Å²) < 4.78 is 4.59. The van der Waals surface area contributed by atoms with Crippen LogP contribution in [-0.4, -0.2) is 50.6 Å². The van der Waals surface area contributed by atoms with E-state index in [4.69, 9.17) is 5.11 Å². The number of carboxylic acid groups (broad SMARTS) is 1. The van der Waals surface area contributed by atoms with Crippen molar-refractivity contribution >= 4 is 23.6 Å². The van der Waals surface area contributed by atoms with Gasteiger partial charge in [0.15, 0.2) is 5.69 Å². The van der Waals surface area contributed by atoms with Crippen LogP contribution in [0.2, 0.25) is 0 Å². The Morgan fingerprint density at radius 2 is 2.06 bits per heavy atom. The number of aromatic carboxylic acids is 1. The number of thioether (sulfide) groups is 1. The minimum absolute atomic E-state index is 0.0544. The van der Waals surface area contributed by atoms with Crippen LogP contribution in [0.1, 0.15) is 34.9 Å². The van der Waals surface area contributed by atoms with E-state index in [0.29, 0.717) is 23.6 Å². The van der Waals surface area contributed by atoms with E-state index in [-0.39, 0.29) is 17.4 Å². The molecule has 0 saturated carbocycles. The van der Waals surface area contributed by atoms with E-state index in [9.17, 15) is 9.59 Å². The fraction of sp³-hybridized carbons (Fsp3) is 0.545. The molecule has 6 nitrogen and oxygen atoms in total. The summed E-state index contributed by atoms with van der Waals surface area (Å²) in [5, 5.41) is 12.9. The molecule has 1 aliphatic heterocycles. The normalized spacial score (nSPS) is 24.0. The first-order chi connectivity index (χ1) is 8.47. The Morgan fingerprint density at radius 1 is 1.44 bits per heavy atom. The molecule has 98 valence electrons. The molecule has 0 bridgehead atoms. The van der Waals surface area contributed by atoms with Crippen LogP contribution < -0.4 is 0 Å². The zero-order valence-corrected chi connectivity index (χ0v) is 10.9. The van der Waals surface area contributed by atoms with Gasteiger partial charge in [-0.15, -0.1) is 0 Å². The number of rotatable bonds is 2. The molecule has 2 atom stereocenters. The molecule has 18 heavy (non-hydrogen) atoms. The van der Waals surface area contributed by atoms with Gasteiger partial charge in [0, 0.05) is 29.7 Å². The van der Waals surface area contributed by atoms with Crippen molar-refractivity contribution < 1.29 is 19.2 Å². The van der Waals surface area contributed by atoms with Gasteiger partial charge < -0.3 is 14.5 Å². The predicted molar refractivity (Wildman–Crippen MR) is 65.9 cm³/mol. The van der Waals surface area contributed by atoms with Crippen LogP contribution in [0, 0.1) is 0 Å². The molecule has 2 rings (SSSR count). The maximum Gasteiger partial charge on any atom is 0.374 e. The average Bonchev–Trinajstić information content (AvgIpc) is 2.75. The van der Waals surface area contributed by atoms with Crippen LogP contribution in [0.25, 0.3) is 0 Å². The van der Waals surface area contributed by atoms with Gasteiger partial charge in [0.25, 0.3) is 5.91 Å². The smallest absolute Gasteiger partial charge is 0.374 e. The van der Waals surface area contributed by atoms with E-state index in [1.807, 2.05) is 11.8 Å². The second kappa shape index (κ2) is 5.01. The first kappa shape index (κ1) is 12.9. The van der Waals surface area contributed by atoms with Crippen LogP contribution in [0.15, 0.2) is 10.6 Å². The van der Waals surface area contributed by atoms with Gasteiger partial charge in [0.2, 0.25) is 5.76 Å². The van der Waals surface area contributed by atoms with Crippen molar-refractivity contribution in [3.05, 3.63) is 17.5 Å². The molecule has 0 radical (unpaired) electrons. The number of amides is 1. The van der Waals surface area contributed by atoms with Crippen molar-refractivity contribution in [3.63, 3.8) is 0 Å². The van der Waals surface area contributed by atoms with Gasteiger partial charge in [-0.05, 0) is 0 Å². The third-order valence-electron chi connectivity index (χ3n) is 2.65. The Kier molecular flexibility index (Phi) is 3.60. The minimum Gasteiger partial charge on any atom is -0.475 e. The summed E-state index contributed by atoms with van der Waals surface area (Å²) in [7, 11) is 0. The summed E-state index contributed by atoms with van der Waals surface area (Å²) in [6.45, 7) is 5.41. The molecule has 1 aromatic heterocycles. The minimum atomic E-state index is -1.22. The monoisotopic (exact) mass is 270 g/mol. The Morgan fingerprint density at radius 3 is 2.56 bits per heavy atom. The molecular formula is C11H14N2O4S. The van der Waals surface area contributed by atoms with Gasteiger partial charge in [-0.2, -0.15) is 11.8 Å². The number of hydrogen-bond donors (Lipinski definition) is 1. The average molecular weight is 270 g/mol. The maximum absolute atomic E-state index is 12.1. The van der Waals surface area contributed by atoms with Gasteiger partial charge >= 0.3 is 5.97 Å². The molecule has 2 heterocycles.